The number of aliphatic imine (C=N–C) groups is 1. The molecular weight excluding hydrogens is 507 g/mol. The average Bonchev–Trinajstić information content (AvgIpc) is 3.26. The van der Waals surface area contributed by atoms with E-state index in [9.17, 15) is 4.79 Å². The summed E-state index contributed by atoms with van der Waals surface area (Å²) in [7, 11) is 1.74. The first-order chi connectivity index (χ1) is 14.7. The smallest absolute Gasteiger partial charge is 0.231 e. The quantitative estimate of drug-likeness (QED) is 0.257. The second kappa shape index (κ2) is 11.2. The SMILES string of the molecule is CN=C(NCCCC(=O)N1CCc2ccccc2C1)NCc1ccc2c(c1)OCO2.I. The molecule has 31 heavy (non-hydrogen) atoms. The third-order valence-electron chi connectivity index (χ3n) is 5.46. The lowest BCUT2D eigenvalue weighted by Gasteiger charge is -2.29. The highest BCUT2D eigenvalue weighted by atomic mass is 127. The summed E-state index contributed by atoms with van der Waals surface area (Å²) < 4.78 is 10.7. The van der Waals surface area contributed by atoms with E-state index in [2.05, 4.69) is 33.8 Å². The first-order valence-electron chi connectivity index (χ1n) is 10.4. The summed E-state index contributed by atoms with van der Waals surface area (Å²) in [5, 5.41) is 6.56. The molecule has 7 nitrogen and oxygen atoms in total. The van der Waals surface area contributed by atoms with Crippen LogP contribution in [0.5, 0.6) is 11.5 Å². The monoisotopic (exact) mass is 536 g/mol. The molecule has 0 fully saturated rings. The van der Waals surface area contributed by atoms with Crippen molar-refractivity contribution in [3.05, 3.63) is 59.2 Å². The number of halogens is 1. The summed E-state index contributed by atoms with van der Waals surface area (Å²) in [5.41, 5.74) is 3.71. The summed E-state index contributed by atoms with van der Waals surface area (Å²) in [6.45, 7) is 3.13. The molecule has 2 heterocycles. The molecule has 2 N–H and O–H groups in total. The molecule has 1 amide bonds. The predicted octanol–water partition coefficient (Wildman–Crippen LogP) is 3.06. The van der Waals surface area contributed by atoms with Gasteiger partial charge >= 0.3 is 0 Å². The Balaban J connectivity index is 0.00000272. The van der Waals surface area contributed by atoms with Gasteiger partial charge in [0.15, 0.2) is 17.5 Å². The van der Waals surface area contributed by atoms with Gasteiger partial charge in [-0.1, -0.05) is 30.3 Å². The van der Waals surface area contributed by atoms with Crippen molar-refractivity contribution in [3.8, 4) is 11.5 Å². The molecule has 0 aliphatic carbocycles. The molecule has 0 radical (unpaired) electrons. The average molecular weight is 536 g/mol. The van der Waals surface area contributed by atoms with Crippen LogP contribution in [0, 0.1) is 0 Å². The normalized spacial score (nSPS) is 14.5. The molecule has 2 aliphatic heterocycles. The summed E-state index contributed by atoms with van der Waals surface area (Å²) in [6, 6.07) is 14.3. The minimum Gasteiger partial charge on any atom is -0.454 e. The number of hydrogen-bond donors (Lipinski definition) is 2. The highest BCUT2D eigenvalue weighted by molar-refractivity contribution is 14.0. The Morgan fingerprint density at radius 1 is 1.10 bits per heavy atom. The zero-order valence-corrected chi connectivity index (χ0v) is 20.1. The van der Waals surface area contributed by atoms with Gasteiger partial charge in [0.25, 0.3) is 0 Å². The lowest BCUT2D eigenvalue weighted by atomic mass is 9.99. The molecular formula is C23H29IN4O3. The summed E-state index contributed by atoms with van der Waals surface area (Å²) in [5.74, 6) is 2.49. The van der Waals surface area contributed by atoms with Crippen LogP contribution in [-0.2, 0) is 24.3 Å². The second-order valence-corrected chi connectivity index (χ2v) is 7.48. The van der Waals surface area contributed by atoms with Gasteiger partial charge in [0, 0.05) is 39.6 Å². The van der Waals surface area contributed by atoms with Crippen LogP contribution in [0.4, 0.5) is 0 Å². The lowest BCUT2D eigenvalue weighted by Crippen LogP contribution is -2.38. The topological polar surface area (TPSA) is 75.2 Å². The van der Waals surface area contributed by atoms with Crippen LogP contribution in [0.15, 0.2) is 47.5 Å². The number of nitrogens with zero attached hydrogens (tertiary/aromatic N) is 2. The largest absolute Gasteiger partial charge is 0.454 e. The first kappa shape index (κ1) is 23.2. The molecule has 0 aromatic heterocycles. The van der Waals surface area contributed by atoms with Gasteiger partial charge in [0.05, 0.1) is 0 Å². The molecule has 2 aliphatic rings. The van der Waals surface area contributed by atoms with Crippen molar-refractivity contribution in [1.29, 1.82) is 0 Å². The van der Waals surface area contributed by atoms with E-state index in [0.29, 0.717) is 25.5 Å². The maximum atomic E-state index is 12.6. The molecule has 8 heteroatoms. The van der Waals surface area contributed by atoms with Crippen molar-refractivity contribution in [2.45, 2.75) is 32.4 Å². The van der Waals surface area contributed by atoms with E-state index < -0.39 is 0 Å². The summed E-state index contributed by atoms with van der Waals surface area (Å²) >= 11 is 0. The van der Waals surface area contributed by atoms with Crippen LogP contribution >= 0.6 is 24.0 Å². The van der Waals surface area contributed by atoms with Crippen LogP contribution < -0.4 is 20.1 Å². The standard InChI is InChI=1S/C23H28N4O3.HI/c1-24-23(26-14-17-8-9-20-21(13-17)30-16-29-20)25-11-4-7-22(28)27-12-10-18-5-2-3-6-19(18)15-27;/h2-3,5-6,8-9,13H,4,7,10-12,14-16H2,1H3,(H2,24,25,26);1H. The summed E-state index contributed by atoms with van der Waals surface area (Å²) in [4.78, 5) is 18.8. The van der Waals surface area contributed by atoms with E-state index in [-0.39, 0.29) is 36.7 Å². The fraction of sp³-hybridized carbons (Fsp3) is 0.391. The molecule has 2 aromatic rings. The zero-order chi connectivity index (χ0) is 20.8. The minimum absolute atomic E-state index is 0. The molecule has 4 rings (SSSR count). The number of amides is 1. The number of ether oxygens (including phenoxy) is 2. The van der Waals surface area contributed by atoms with Gasteiger partial charge < -0.3 is 25.0 Å². The number of guanidine groups is 1. The fourth-order valence-electron chi connectivity index (χ4n) is 3.77. The second-order valence-electron chi connectivity index (χ2n) is 7.48. The van der Waals surface area contributed by atoms with Crippen molar-refractivity contribution in [2.75, 3.05) is 26.9 Å². The van der Waals surface area contributed by atoms with Gasteiger partial charge in [-0.05, 0) is 41.7 Å². The molecule has 0 unspecified atom stereocenters. The molecule has 166 valence electrons. The number of carbonyl (C=O) groups is 1. The number of nitrogens with one attached hydrogen (secondary N) is 2. The van der Waals surface area contributed by atoms with Gasteiger partial charge in [0.2, 0.25) is 12.7 Å². The Kier molecular flexibility index (Phi) is 8.39. The Morgan fingerprint density at radius 2 is 1.90 bits per heavy atom. The van der Waals surface area contributed by atoms with Gasteiger partial charge in [-0.2, -0.15) is 0 Å². The van der Waals surface area contributed by atoms with Gasteiger partial charge in [0.1, 0.15) is 0 Å². The molecule has 0 saturated heterocycles. The van der Waals surface area contributed by atoms with Crippen molar-refractivity contribution >= 4 is 35.8 Å². The first-order valence-corrected chi connectivity index (χ1v) is 10.4. The van der Waals surface area contributed by atoms with Crippen molar-refractivity contribution in [2.24, 2.45) is 4.99 Å². The van der Waals surface area contributed by atoms with Gasteiger partial charge in [-0.3, -0.25) is 9.79 Å². The number of benzene rings is 2. The Hall–Kier alpha value is -2.49. The van der Waals surface area contributed by atoms with Crippen LogP contribution in [0.25, 0.3) is 0 Å². The lowest BCUT2D eigenvalue weighted by molar-refractivity contribution is -0.132. The van der Waals surface area contributed by atoms with Crippen molar-refractivity contribution in [3.63, 3.8) is 0 Å². The van der Waals surface area contributed by atoms with Crippen LogP contribution in [0.3, 0.4) is 0 Å². The number of rotatable bonds is 6. The maximum Gasteiger partial charge on any atom is 0.231 e. The predicted molar refractivity (Wildman–Crippen MR) is 131 cm³/mol. The van der Waals surface area contributed by atoms with E-state index in [0.717, 1.165) is 43.0 Å². The number of fused-ring (bicyclic) bond motifs is 2. The van der Waals surface area contributed by atoms with E-state index in [4.69, 9.17) is 9.47 Å². The Bertz CT molecular complexity index is 935. The maximum absolute atomic E-state index is 12.6. The Morgan fingerprint density at radius 3 is 2.74 bits per heavy atom. The minimum atomic E-state index is 0. The highest BCUT2D eigenvalue weighted by Crippen LogP contribution is 2.32. The molecule has 2 aromatic carbocycles. The number of hydrogen-bond acceptors (Lipinski definition) is 4. The van der Waals surface area contributed by atoms with Crippen molar-refractivity contribution in [1.82, 2.24) is 15.5 Å². The van der Waals surface area contributed by atoms with Crippen LogP contribution in [-0.4, -0.2) is 43.7 Å². The Labute approximate surface area is 200 Å². The van der Waals surface area contributed by atoms with Crippen LogP contribution in [0.1, 0.15) is 29.5 Å². The van der Waals surface area contributed by atoms with Gasteiger partial charge in [-0.25, -0.2) is 0 Å². The van der Waals surface area contributed by atoms with E-state index in [1.54, 1.807) is 7.05 Å². The molecule has 0 bridgehead atoms. The van der Waals surface area contributed by atoms with E-state index >= 15 is 0 Å². The number of carbonyl (C=O) groups excluding carboxylic acids is 1. The highest BCUT2D eigenvalue weighted by Gasteiger charge is 2.19. The van der Waals surface area contributed by atoms with Crippen LogP contribution in [0.2, 0.25) is 0 Å². The zero-order valence-electron chi connectivity index (χ0n) is 17.7. The third-order valence-corrected chi connectivity index (χ3v) is 5.46. The van der Waals surface area contributed by atoms with Gasteiger partial charge in [-0.15, -0.1) is 24.0 Å². The van der Waals surface area contributed by atoms with E-state index in [1.807, 2.05) is 29.2 Å². The molecule has 0 atom stereocenters. The summed E-state index contributed by atoms with van der Waals surface area (Å²) in [6.07, 6.45) is 2.24. The fourth-order valence-corrected chi connectivity index (χ4v) is 3.77. The molecule has 0 spiro atoms. The molecule has 0 saturated carbocycles. The third kappa shape index (κ3) is 6.03. The van der Waals surface area contributed by atoms with Crippen molar-refractivity contribution < 1.29 is 14.3 Å². The van der Waals surface area contributed by atoms with E-state index in [1.165, 1.54) is 11.1 Å².